The molecule has 19 heteroatoms. The molecule has 0 aliphatic carbocycles. The predicted molar refractivity (Wildman–Crippen MR) is 423 cm³/mol. The molecule has 0 heterocycles. The van der Waals surface area contributed by atoms with Gasteiger partial charge in [0.05, 0.1) is 26.4 Å². The maximum atomic E-state index is 13.1. The van der Waals surface area contributed by atoms with Gasteiger partial charge in [0.15, 0.2) is 12.2 Å². The van der Waals surface area contributed by atoms with Crippen LogP contribution in [0.3, 0.4) is 0 Å². The van der Waals surface area contributed by atoms with Crippen LogP contribution in [-0.2, 0) is 65.4 Å². The quantitative estimate of drug-likeness (QED) is 0.0222. The fourth-order valence-corrected chi connectivity index (χ4v) is 14.6. The average molecular weight is 1510 g/mol. The standard InChI is InChI=1S/C84H164O17P2/c1-7-10-12-14-16-18-20-21-22-23-27-30-33-36-43-49-55-61-67-82(87)95-73-80(100-83(88)68-62-56-50-44-37-34-31-28-25-24-26-29-32-35-40-46-52-58-64-76(4)5)75-99-103(92,93)97-71-78(85)70-96-102(90,91)98-74-79(72-94-81(86)66-60-54-48-42-19-17-15-13-11-8-2)101-84(89)69-63-57-51-45-39-38-41-47-53-59-65-77(6)9-3/h76-80,85H,7-75H2,1-6H3,(H,90,91)(H,92,93)/t77?,78-,79+,80+/m0/s1. The van der Waals surface area contributed by atoms with Gasteiger partial charge in [0.2, 0.25) is 0 Å². The molecule has 0 radical (unpaired) electrons. The maximum absolute atomic E-state index is 13.1. The monoisotopic (exact) mass is 1510 g/mol. The Morgan fingerprint density at radius 3 is 0.738 bits per heavy atom. The molecule has 3 N–H and O–H groups in total. The summed E-state index contributed by atoms with van der Waals surface area (Å²) in [6.45, 7) is 9.71. The van der Waals surface area contributed by atoms with E-state index >= 15 is 0 Å². The zero-order valence-electron chi connectivity index (χ0n) is 67.6. The summed E-state index contributed by atoms with van der Waals surface area (Å²) in [7, 11) is -9.92. The third-order valence-corrected chi connectivity index (χ3v) is 22.0. The molecule has 0 amide bonds. The number of carbonyl (C=O) groups excluding carboxylic acids is 4. The number of phosphoric acid groups is 2. The topological polar surface area (TPSA) is 237 Å². The van der Waals surface area contributed by atoms with E-state index in [4.69, 9.17) is 37.0 Å². The van der Waals surface area contributed by atoms with Gasteiger partial charge in [-0.15, -0.1) is 0 Å². The summed E-state index contributed by atoms with van der Waals surface area (Å²) in [5.41, 5.74) is 0. The van der Waals surface area contributed by atoms with Crippen molar-refractivity contribution >= 4 is 39.5 Å². The molecule has 612 valence electrons. The Morgan fingerprint density at radius 2 is 0.495 bits per heavy atom. The molecular weight excluding hydrogens is 1340 g/mol. The smallest absolute Gasteiger partial charge is 0.462 e. The van der Waals surface area contributed by atoms with E-state index in [0.717, 1.165) is 102 Å². The second-order valence-electron chi connectivity index (χ2n) is 30.9. The minimum absolute atomic E-state index is 0.107. The number of rotatable bonds is 83. The zero-order valence-corrected chi connectivity index (χ0v) is 69.4. The lowest BCUT2D eigenvalue weighted by Gasteiger charge is -2.21. The highest BCUT2D eigenvalue weighted by Crippen LogP contribution is 2.45. The van der Waals surface area contributed by atoms with Crippen LogP contribution in [-0.4, -0.2) is 96.7 Å². The normalized spacial score (nSPS) is 14.1. The van der Waals surface area contributed by atoms with Crippen LogP contribution in [0.5, 0.6) is 0 Å². The van der Waals surface area contributed by atoms with Crippen LogP contribution in [0, 0.1) is 11.8 Å². The SMILES string of the molecule is CCCCCCCCCCCCCCCCCCCCC(=O)OC[C@H](COP(=O)(O)OC[C@@H](O)COP(=O)(O)OC[C@@H](COC(=O)CCCCCCCCCCCC)OC(=O)CCCCCCCCCCCCC(C)CC)OC(=O)CCCCCCCCCCCCCCCCCCCCC(C)C. The molecule has 0 rings (SSSR count). The molecule has 0 aliphatic rings. The highest BCUT2D eigenvalue weighted by molar-refractivity contribution is 7.47. The maximum Gasteiger partial charge on any atom is 0.472 e. The van der Waals surface area contributed by atoms with Crippen molar-refractivity contribution in [2.75, 3.05) is 39.6 Å². The Balaban J connectivity index is 5.22. The number of unbranched alkanes of at least 4 members (excludes halogenated alkanes) is 52. The molecule has 17 nitrogen and oxygen atoms in total. The van der Waals surface area contributed by atoms with E-state index in [1.54, 1.807) is 0 Å². The molecule has 3 unspecified atom stereocenters. The second kappa shape index (κ2) is 75.5. The average Bonchev–Trinajstić information content (AvgIpc) is 0.914. The van der Waals surface area contributed by atoms with Crippen molar-refractivity contribution < 1.29 is 80.2 Å². The van der Waals surface area contributed by atoms with E-state index in [2.05, 4.69) is 41.5 Å². The van der Waals surface area contributed by atoms with Crippen LogP contribution >= 0.6 is 15.6 Å². The Hall–Kier alpha value is -1.94. The molecule has 0 bridgehead atoms. The van der Waals surface area contributed by atoms with Crippen LogP contribution in [0.1, 0.15) is 446 Å². The molecule has 0 saturated heterocycles. The fraction of sp³-hybridized carbons (Fsp3) is 0.952. The Kier molecular flexibility index (Phi) is 74.1. The third kappa shape index (κ3) is 76.6. The number of ether oxygens (including phenoxy) is 4. The van der Waals surface area contributed by atoms with E-state index in [1.807, 2.05) is 0 Å². The van der Waals surface area contributed by atoms with Crippen LogP contribution in [0.15, 0.2) is 0 Å². The van der Waals surface area contributed by atoms with E-state index < -0.39 is 97.5 Å². The molecule has 0 saturated carbocycles. The highest BCUT2D eigenvalue weighted by Gasteiger charge is 2.30. The first-order valence-corrected chi connectivity index (χ1v) is 46.5. The predicted octanol–water partition coefficient (Wildman–Crippen LogP) is 25.5. The van der Waals surface area contributed by atoms with Gasteiger partial charge in [0, 0.05) is 25.7 Å². The first-order chi connectivity index (χ1) is 49.9. The van der Waals surface area contributed by atoms with Crippen molar-refractivity contribution in [2.24, 2.45) is 11.8 Å². The number of esters is 4. The van der Waals surface area contributed by atoms with Gasteiger partial charge in [-0.3, -0.25) is 37.3 Å². The van der Waals surface area contributed by atoms with Crippen molar-refractivity contribution in [3.05, 3.63) is 0 Å². The van der Waals surface area contributed by atoms with E-state index in [1.165, 1.54) is 263 Å². The molecule has 0 spiro atoms. The van der Waals surface area contributed by atoms with Crippen LogP contribution in [0.2, 0.25) is 0 Å². The second-order valence-corrected chi connectivity index (χ2v) is 33.8. The largest absolute Gasteiger partial charge is 0.472 e. The van der Waals surface area contributed by atoms with Gasteiger partial charge >= 0.3 is 39.5 Å². The zero-order chi connectivity index (χ0) is 75.6. The Bertz CT molecular complexity index is 1980. The fourth-order valence-electron chi connectivity index (χ4n) is 13.0. The van der Waals surface area contributed by atoms with Crippen LogP contribution < -0.4 is 0 Å². The molecule has 0 aliphatic heterocycles. The first kappa shape index (κ1) is 101. The van der Waals surface area contributed by atoms with Crippen LogP contribution in [0.4, 0.5) is 0 Å². The minimum Gasteiger partial charge on any atom is -0.462 e. The molecule has 0 aromatic heterocycles. The van der Waals surface area contributed by atoms with Crippen molar-refractivity contribution in [3.63, 3.8) is 0 Å². The number of hydrogen-bond acceptors (Lipinski definition) is 15. The van der Waals surface area contributed by atoms with Gasteiger partial charge in [0.25, 0.3) is 0 Å². The summed E-state index contributed by atoms with van der Waals surface area (Å²) in [5.74, 6) is -0.481. The summed E-state index contributed by atoms with van der Waals surface area (Å²) in [5, 5.41) is 10.7. The van der Waals surface area contributed by atoms with Gasteiger partial charge in [-0.1, -0.05) is 395 Å². The van der Waals surface area contributed by atoms with Crippen molar-refractivity contribution in [2.45, 2.75) is 464 Å². The first-order valence-electron chi connectivity index (χ1n) is 43.5. The highest BCUT2D eigenvalue weighted by atomic mass is 31.2. The van der Waals surface area contributed by atoms with Crippen molar-refractivity contribution in [3.8, 4) is 0 Å². The summed E-state index contributed by atoms with van der Waals surface area (Å²) >= 11 is 0. The third-order valence-electron chi connectivity index (χ3n) is 20.1. The molecule has 0 aromatic carbocycles. The van der Waals surface area contributed by atoms with Gasteiger partial charge in [0.1, 0.15) is 19.3 Å². The van der Waals surface area contributed by atoms with Gasteiger partial charge in [-0.25, -0.2) is 9.13 Å². The Labute approximate surface area is 632 Å². The molecular formula is C84H164O17P2. The van der Waals surface area contributed by atoms with E-state index in [0.29, 0.717) is 25.7 Å². The van der Waals surface area contributed by atoms with E-state index in [9.17, 15) is 43.2 Å². The number of hydrogen-bond donors (Lipinski definition) is 3. The van der Waals surface area contributed by atoms with Gasteiger partial charge in [-0.05, 0) is 37.5 Å². The number of aliphatic hydroxyl groups excluding tert-OH is 1. The lowest BCUT2D eigenvalue weighted by molar-refractivity contribution is -0.161. The summed E-state index contributed by atoms with van der Waals surface area (Å²) < 4.78 is 68.8. The van der Waals surface area contributed by atoms with Gasteiger partial charge < -0.3 is 33.8 Å². The number of phosphoric ester groups is 2. The summed E-state index contributed by atoms with van der Waals surface area (Å²) in [6.07, 6.45) is 66.6. The van der Waals surface area contributed by atoms with Gasteiger partial charge in [-0.2, -0.15) is 0 Å². The lowest BCUT2D eigenvalue weighted by Crippen LogP contribution is -2.30. The molecule has 0 fully saturated rings. The lowest BCUT2D eigenvalue weighted by atomic mass is 9.99. The minimum atomic E-state index is -4.96. The molecule has 0 aromatic rings. The van der Waals surface area contributed by atoms with Crippen molar-refractivity contribution in [1.29, 1.82) is 0 Å². The van der Waals surface area contributed by atoms with Crippen LogP contribution in [0.25, 0.3) is 0 Å². The Morgan fingerprint density at radius 1 is 0.282 bits per heavy atom. The summed E-state index contributed by atoms with van der Waals surface area (Å²) in [6, 6.07) is 0. The number of carbonyl (C=O) groups is 4. The van der Waals surface area contributed by atoms with E-state index in [-0.39, 0.29) is 25.7 Å². The molecule has 6 atom stereocenters. The number of aliphatic hydroxyl groups is 1. The summed E-state index contributed by atoms with van der Waals surface area (Å²) in [4.78, 5) is 73.1. The van der Waals surface area contributed by atoms with Crippen molar-refractivity contribution in [1.82, 2.24) is 0 Å². The molecule has 103 heavy (non-hydrogen) atoms.